The first kappa shape index (κ1) is 7.49. The fourth-order valence-electron chi connectivity index (χ4n) is 0.299. The van der Waals surface area contributed by atoms with Crippen LogP contribution in [0.15, 0.2) is 0 Å². The molecule has 0 nitrogen and oxygen atoms in total. The lowest BCUT2D eigenvalue weighted by molar-refractivity contribution is 0.554. The Morgan fingerprint density at radius 1 is 1.38 bits per heavy atom. The van der Waals surface area contributed by atoms with Gasteiger partial charge in [0.2, 0.25) is 0 Å². The summed E-state index contributed by atoms with van der Waals surface area (Å²) in [4.78, 5) is 0. The van der Waals surface area contributed by atoms with E-state index in [1.54, 1.807) is 0 Å². The highest BCUT2D eigenvalue weighted by molar-refractivity contribution is 5.06. The number of hydrogen-bond acceptors (Lipinski definition) is 0. The molecule has 0 heterocycles. The standard InChI is InChI=1S/C7H11F/c1-7(2,3)5-4-6-8/h6H2,1-3H3. The molecule has 0 spiro atoms. The van der Waals surface area contributed by atoms with Crippen molar-refractivity contribution in [3.8, 4) is 11.8 Å². The molecule has 0 aromatic carbocycles. The van der Waals surface area contributed by atoms with E-state index in [1.165, 1.54) is 0 Å². The molecular formula is C7H11F. The van der Waals surface area contributed by atoms with Crippen LogP contribution in [0.25, 0.3) is 0 Å². The Balaban J connectivity index is 3.69. The molecule has 0 aliphatic rings. The summed E-state index contributed by atoms with van der Waals surface area (Å²) >= 11 is 0. The predicted octanol–water partition coefficient (Wildman–Crippen LogP) is 2.01. The molecule has 0 amide bonds. The van der Waals surface area contributed by atoms with Gasteiger partial charge in [0.15, 0.2) is 0 Å². The second-order valence-corrected chi connectivity index (χ2v) is 2.69. The van der Waals surface area contributed by atoms with E-state index in [9.17, 15) is 4.39 Å². The predicted molar refractivity (Wildman–Crippen MR) is 33.2 cm³/mol. The minimum Gasteiger partial charge on any atom is -0.237 e. The van der Waals surface area contributed by atoms with Gasteiger partial charge in [0, 0.05) is 5.41 Å². The zero-order valence-corrected chi connectivity index (χ0v) is 5.59. The number of alkyl halides is 1. The summed E-state index contributed by atoms with van der Waals surface area (Å²) in [6, 6.07) is 0. The maximum Gasteiger partial charge on any atom is 0.150 e. The largest absolute Gasteiger partial charge is 0.237 e. The normalized spacial score (nSPS) is 10.0. The van der Waals surface area contributed by atoms with Gasteiger partial charge in [-0.1, -0.05) is 11.8 Å². The molecule has 46 valence electrons. The Hall–Kier alpha value is -0.510. The average molecular weight is 114 g/mol. The molecule has 0 aromatic heterocycles. The smallest absolute Gasteiger partial charge is 0.150 e. The fourth-order valence-corrected chi connectivity index (χ4v) is 0.299. The van der Waals surface area contributed by atoms with Gasteiger partial charge in [-0.25, -0.2) is 4.39 Å². The molecule has 0 unspecified atom stereocenters. The molecule has 0 N–H and O–H groups in total. The molecule has 0 saturated heterocycles. The summed E-state index contributed by atoms with van der Waals surface area (Å²) in [5.74, 6) is 5.12. The van der Waals surface area contributed by atoms with Crippen LogP contribution in [0.5, 0.6) is 0 Å². The van der Waals surface area contributed by atoms with Gasteiger partial charge in [-0.05, 0) is 20.8 Å². The summed E-state index contributed by atoms with van der Waals surface area (Å²) < 4.78 is 11.3. The zero-order valence-electron chi connectivity index (χ0n) is 5.59. The third-order valence-electron chi connectivity index (χ3n) is 0.530. The Bertz CT molecular complexity index is 109. The fraction of sp³-hybridized carbons (Fsp3) is 0.714. The second kappa shape index (κ2) is 2.71. The van der Waals surface area contributed by atoms with E-state index in [2.05, 4.69) is 11.8 Å². The van der Waals surface area contributed by atoms with Gasteiger partial charge >= 0.3 is 0 Å². The van der Waals surface area contributed by atoms with Gasteiger partial charge in [-0.3, -0.25) is 0 Å². The van der Waals surface area contributed by atoms with Crippen LogP contribution in [0.4, 0.5) is 4.39 Å². The van der Waals surface area contributed by atoms with E-state index in [4.69, 9.17) is 0 Å². The SMILES string of the molecule is CC(C)(C)C#CCF. The van der Waals surface area contributed by atoms with E-state index < -0.39 is 6.67 Å². The first-order valence-electron chi connectivity index (χ1n) is 2.62. The van der Waals surface area contributed by atoms with Crippen molar-refractivity contribution in [1.29, 1.82) is 0 Å². The highest BCUT2D eigenvalue weighted by atomic mass is 19.1. The zero-order chi connectivity index (χ0) is 6.62. The van der Waals surface area contributed by atoms with Gasteiger partial charge < -0.3 is 0 Å². The summed E-state index contributed by atoms with van der Waals surface area (Å²) in [6.07, 6.45) is 0. The van der Waals surface area contributed by atoms with Crippen molar-refractivity contribution in [3.05, 3.63) is 0 Å². The minimum absolute atomic E-state index is 0.0495. The molecule has 1 heteroatoms. The van der Waals surface area contributed by atoms with Gasteiger partial charge in [0.05, 0.1) is 0 Å². The van der Waals surface area contributed by atoms with Crippen LogP contribution in [0.2, 0.25) is 0 Å². The Kier molecular flexibility index (Phi) is 2.54. The quantitative estimate of drug-likeness (QED) is 0.422. The molecule has 0 atom stereocenters. The first-order chi connectivity index (χ1) is 3.56. The molecule has 0 aliphatic heterocycles. The van der Waals surface area contributed by atoms with E-state index >= 15 is 0 Å². The first-order valence-corrected chi connectivity index (χ1v) is 2.62. The monoisotopic (exact) mass is 114 g/mol. The van der Waals surface area contributed by atoms with Crippen molar-refractivity contribution < 1.29 is 4.39 Å². The van der Waals surface area contributed by atoms with E-state index in [0.717, 1.165) is 0 Å². The van der Waals surface area contributed by atoms with Gasteiger partial charge in [-0.15, -0.1) is 0 Å². The minimum atomic E-state index is -0.530. The Morgan fingerprint density at radius 2 is 1.88 bits per heavy atom. The Labute approximate surface area is 50.1 Å². The molecular weight excluding hydrogens is 103 g/mol. The summed E-state index contributed by atoms with van der Waals surface area (Å²) in [6.45, 7) is 5.33. The third-order valence-corrected chi connectivity index (χ3v) is 0.530. The van der Waals surface area contributed by atoms with Crippen LogP contribution < -0.4 is 0 Å². The molecule has 0 aromatic rings. The lowest BCUT2D eigenvalue weighted by atomic mass is 9.98. The third kappa shape index (κ3) is 5.49. The number of rotatable bonds is 0. The topological polar surface area (TPSA) is 0 Å². The van der Waals surface area contributed by atoms with Crippen molar-refractivity contribution in [2.24, 2.45) is 5.41 Å². The second-order valence-electron chi connectivity index (χ2n) is 2.69. The van der Waals surface area contributed by atoms with Crippen molar-refractivity contribution >= 4 is 0 Å². The van der Waals surface area contributed by atoms with Crippen LogP contribution in [0.1, 0.15) is 20.8 Å². The highest BCUT2D eigenvalue weighted by Gasteiger charge is 2.02. The summed E-state index contributed by atoms with van der Waals surface area (Å²) in [5, 5.41) is 0. The average Bonchev–Trinajstić information content (AvgIpc) is 1.59. The van der Waals surface area contributed by atoms with Crippen molar-refractivity contribution in [1.82, 2.24) is 0 Å². The van der Waals surface area contributed by atoms with Gasteiger partial charge in [0.25, 0.3) is 0 Å². The molecule has 0 fully saturated rings. The van der Waals surface area contributed by atoms with Crippen LogP contribution in [0.3, 0.4) is 0 Å². The molecule has 0 aliphatic carbocycles. The van der Waals surface area contributed by atoms with Crippen molar-refractivity contribution in [2.75, 3.05) is 6.67 Å². The molecule has 8 heavy (non-hydrogen) atoms. The number of hydrogen-bond donors (Lipinski definition) is 0. The van der Waals surface area contributed by atoms with Crippen molar-refractivity contribution in [2.45, 2.75) is 20.8 Å². The summed E-state index contributed by atoms with van der Waals surface area (Å²) in [5.41, 5.74) is -0.0495. The maximum absolute atomic E-state index is 11.3. The molecule has 0 radical (unpaired) electrons. The summed E-state index contributed by atoms with van der Waals surface area (Å²) in [7, 11) is 0. The van der Waals surface area contributed by atoms with E-state index in [0.29, 0.717) is 0 Å². The lowest BCUT2D eigenvalue weighted by Gasteiger charge is -2.05. The van der Waals surface area contributed by atoms with Crippen LogP contribution >= 0.6 is 0 Å². The van der Waals surface area contributed by atoms with E-state index in [1.807, 2.05) is 20.8 Å². The van der Waals surface area contributed by atoms with Crippen LogP contribution in [-0.2, 0) is 0 Å². The highest BCUT2D eigenvalue weighted by Crippen LogP contribution is 2.09. The molecule has 0 saturated carbocycles. The van der Waals surface area contributed by atoms with E-state index in [-0.39, 0.29) is 5.41 Å². The lowest BCUT2D eigenvalue weighted by Crippen LogP contribution is -1.99. The Morgan fingerprint density at radius 3 is 2.00 bits per heavy atom. The van der Waals surface area contributed by atoms with Crippen molar-refractivity contribution in [3.63, 3.8) is 0 Å². The molecule has 0 rings (SSSR count). The van der Waals surface area contributed by atoms with Crippen LogP contribution in [0, 0.1) is 17.3 Å². The maximum atomic E-state index is 11.3. The van der Waals surface area contributed by atoms with Crippen LogP contribution in [-0.4, -0.2) is 6.67 Å². The molecule has 0 bridgehead atoms. The van der Waals surface area contributed by atoms with Gasteiger partial charge in [0.1, 0.15) is 6.67 Å². The number of halogens is 1. The van der Waals surface area contributed by atoms with Gasteiger partial charge in [-0.2, -0.15) is 0 Å².